The predicted octanol–water partition coefficient (Wildman–Crippen LogP) is 1.03. The van der Waals surface area contributed by atoms with Gasteiger partial charge in [0.1, 0.15) is 5.75 Å². The number of ether oxygens (including phenoxy) is 2. The molecule has 1 aromatic rings. The van der Waals surface area contributed by atoms with Crippen molar-refractivity contribution >= 4 is 6.03 Å². The number of aliphatic hydroxyl groups excluding tert-OH is 1. The molecule has 0 bridgehead atoms. The van der Waals surface area contributed by atoms with E-state index in [4.69, 9.17) is 9.47 Å². The molecule has 1 saturated heterocycles. The van der Waals surface area contributed by atoms with Crippen LogP contribution in [-0.4, -0.2) is 62.1 Å². The fourth-order valence-corrected chi connectivity index (χ4v) is 2.67. The third kappa shape index (κ3) is 4.11. The normalized spacial score (nSPS) is 21.0. The van der Waals surface area contributed by atoms with Crippen LogP contribution < -0.4 is 10.1 Å². The van der Waals surface area contributed by atoms with Crippen molar-refractivity contribution in [2.75, 3.05) is 33.9 Å². The molecule has 1 aromatic carbocycles. The molecule has 0 aliphatic carbocycles. The van der Waals surface area contributed by atoms with Crippen molar-refractivity contribution < 1.29 is 19.4 Å². The van der Waals surface area contributed by atoms with Crippen LogP contribution in [0.1, 0.15) is 12.0 Å². The predicted molar refractivity (Wildman–Crippen MR) is 83.1 cm³/mol. The molecule has 1 fully saturated rings. The van der Waals surface area contributed by atoms with Gasteiger partial charge < -0.3 is 24.8 Å². The maximum atomic E-state index is 12.2. The van der Waals surface area contributed by atoms with Gasteiger partial charge >= 0.3 is 6.03 Å². The number of carbonyl (C=O) groups excluding carboxylic acids is 1. The van der Waals surface area contributed by atoms with Crippen molar-refractivity contribution in [1.29, 1.82) is 0 Å². The van der Waals surface area contributed by atoms with Crippen LogP contribution in [-0.2, 0) is 11.2 Å². The number of benzene rings is 1. The molecule has 0 unspecified atom stereocenters. The van der Waals surface area contributed by atoms with E-state index in [-0.39, 0.29) is 24.8 Å². The van der Waals surface area contributed by atoms with E-state index in [1.807, 2.05) is 24.3 Å². The van der Waals surface area contributed by atoms with Gasteiger partial charge in [-0.15, -0.1) is 0 Å². The first-order chi connectivity index (χ1) is 10.7. The third-order valence-electron chi connectivity index (χ3n) is 4.03. The molecular formula is C16H24N2O4. The molecule has 0 spiro atoms. The number of amides is 2. The minimum Gasteiger partial charge on any atom is -0.497 e. The highest BCUT2D eigenvalue weighted by Gasteiger charge is 2.34. The van der Waals surface area contributed by atoms with Crippen molar-refractivity contribution in [2.45, 2.75) is 25.0 Å². The number of nitrogens with one attached hydrogen (secondary N) is 1. The summed E-state index contributed by atoms with van der Waals surface area (Å²) in [4.78, 5) is 13.8. The van der Waals surface area contributed by atoms with Gasteiger partial charge in [0.15, 0.2) is 0 Å². The number of rotatable bonds is 6. The van der Waals surface area contributed by atoms with E-state index in [2.05, 4.69) is 5.32 Å². The van der Waals surface area contributed by atoms with Crippen LogP contribution in [0, 0.1) is 0 Å². The fraction of sp³-hybridized carbons (Fsp3) is 0.562. The minimum absolute atomic E-state index is 0.00416. The number of likely N-dealkylation sites (tertiary alicyclic amines) is 1. The molecule has 0 radical (unpaired) electrons. The molecule has 2 atom stereocenters. The van der Waals surface area contributed by atoms with E-state index in [0.29, 0.717) is 19.5 Å². The molecule has 6 heteroatoms. The third-order valence-corrected chi connectivity index (χ3v) is 4.03. The highest BCUT2D eigenvalue weighted by atomic mass is 16.5. The van der Waals surface area contributed by atoms with Gasteiger partial charge in [0.2, 0.25) is 0 Å². The molecule has 1 heterocycles. The van der Waals surface area contributed by atoms with Gasteiger partial charge in [-0.3, -0.25) is 0 Å². The van der Waals surface area contributed by atoms with E-state index in [0.717, 1.165) is 17.7 Å². The van der Waals surface area contributed by atoms with Crippen LogP contribution in [0.25, 0.3) is 0 Å². The van der Waals surface area contributed by atoms with Crippen LogP contribution in [0.2, 0.25) is 0 Å². The van der Waals surface area contributed by atoms with Crippen molar-refractivity contribution in [3.05, 3.63) is 29.8 Å². The molecule has 1 aliphatic heterocycles. The summed E-state index contributed by atoms with van der Waals surface area (Å²) < 4.78 is 10.4. The Kier molecular flexibility index (Phi) is 6.03. The molecule has 1 aliphatic rings. The zero-order valence-electron chi connectivity index (χ0n) is 13.1. The summed E-state index contributed by atoms with van der Waals surface area (Å²) in [7, 11) is 3.26. The van der Waals surface area contributed by atoms with Crippen molar-refractivity contribution in [1.82, 2.24) is 10.2 Å². The van der Waals surface area contributed by atoms with Gasteiger partial charge in [-0.1, -0.05) is 12.1 Å². The second-order valence-electron chi connectivity index (χ2n) is 5.41. The lowest BCUT2D eigenvalue weighted by Crippen LogP contribution is -2.45. The Bertz CT molecular complexity index is 478. The Labute approximate surface area is 131 Å². The van der Waals surface area contributed by atoms with Gasteiger partial charge in [-0.25, -0.2) is 4.79 Å². The number of urea groups is 1. The average Bonchev–Trinajstić information content (AvgIpc) is 2.99. The molecule has 122 valence electrons. The molecule has 6 nitrogen and oxygen atoms in total. The van der Waals surface area contributed by atoms with Crippen molar-refractivity contribution in [3.63, 3.8) is 0 Å². The Hall–Kier alpha value is -1.79. The van der Waals surface area contributed by atoms with Crippen LogP contribution in [0.15, 0.2) is 24.3 Å². The van der Waals surface area contributed by atoms with Crippen LogP contribution >= 0.6 is 0 Å². The zero-order chi connectivity index (χ0) is 15.9. The lowest BCUT2D eigenvalue weighted by atomic mass is 10.1. The molecule has 2 amide bonds. The quantitative estimate of drug-likeness (QED) is 0.823. The minimum atomic E-state index is -0.161. The van der Waals surface area contributed by atoms with E-state index in [1.54, 1.807) is 19.1 Å². The summed E-state index contributed by atoms with van der Waals surface area (Å²) >= 11 is 0. The maximum absolute atomic E-state index is 12.2. The summed E-state index contributed by atoms with van der Waals surface area (Å²) in [6.07, 6.45) is 1.43. The summed E-state index contributed by atoms with van der Waals surface area (Å²) in [6.45, 7) is 1.04. The lowest BCUT2D eigenvalue weighted by Gasteiger charge is -2.23. The first kappa shape index (κ1) is 16.6. The first-order valence-electron chi connectivity index (χ1n) is 7.49. The highest BCUT2D eigenvalue weighted by molar-refractivity contribution is 5.75. The molecule has 2 N–H and O–H groups in total. The molecule has 0 aromatic heterocycles. The van der Waals surface area contributed by atoms with E-state index >= 15 is 0 Å². The van der Waals surface area contributed by atoms with E-state index in [9.17, 15) is 9.90 Å². The highest BCUT2D eigenvalue weighted by Crippen LogP contribution is 2.19. The van der Waals surface area contributed by atoms with Crippen molar-refractivity contribution in [2.24, 2.45) is 0 Å². The SMILES string of the molecule is COc1ccc(CCNC(=O)N2C[C@H](OC)C[C@H]2CO)cc1. The van der Waals surface area contributed by atoms with E-state index in [1.165, 1.54) is 0 Å². The Morgan fingerprint density at radius 2 is 2.09 bits per heavy atom. The number of hydrogen-bond donors (Lipinski definition) is 2. The maximum Gasteiger partial charge on any atom is 0.317 e. The Morgan fingerprint density at radius 3 is 2.68 bits per heavy atom. The van der Waals surface area contributed by atoms with Gasteiger partial charge in [-0.05, 0) is 30.5 Å². The van der Waals surface area contributed by atoms with Gasteiger partial charge in [0.05, 0.1) is 25.9 Å². The summed E-state index contributed by atoms with van der Waals surface area (Å²) in [5, 5.41) is 12.3. The number of methoxy groups -OCH3 is 2. The molecular weight excluding hydrogens is 284 g/mol. The topological polar surface area (TPSA) is 71.0 Å². The van der Waals surface area contributed by atoms with E-state index < -0.39 is 0 Å². The van der Waals surface area contributed by atoms with Crippen molar-refractivity contribution in [3.8, 4) is 5.75 Å². The number of hydrogen-bond acceptors (Lipinski definition) is 4. The zero-order valence-corrected chi connectivity index (χ0v) is 13.1. The number of aliphatic hydroxyl groups is 1. The summed E-state index contributed by atoms with van der Waals surface area (Å²) in [6, 6.07) is 7.47. The van der Waals surface area contributed by atoms with Gasteiger partial charge in [-0.2, -0.15) is 0 Å². The Balaban J connectivity index is 1.79. The summed E-state index contributed by atoms with van der Waals surface area (Å²) in [5.74, 6) is 0.821. The first-order valence-corrected chi connectivity index (χ1v) is 7.49. The smallest absolute Gasteiger partial charge is 0.317 e. The second kappa shape index (κ2) is 8.00. The molecule has 22 heavy (non-hydrogen) atoms. The Morgan fingerprint density at radius 1 is 1.36 bits per heavy atom. The monoisotopic (exact) mass is 308 g/mol. The second-order valence-corrected chi connectivity index (χ2v) is 5.41. The van der Waals surface area contributed by atoms with Crippen LogP contribution in [0.3, 0.4) is 0 Å². The molecule has 0 saturated carbocycles. The summed E-state index contributed by atoms with van der Waals surface area (Å²) in [5.41, 5.74) is 1.14. The van der Waals surface area contributed by atoms with Crippen LogP contribution in [0.4, 0.5) is 4.79 Å². The number of nitrogens with zero attached hydrogens (tertiary/aromatic N) is 1. The average molecular weight is 308 g/mol. The lowest BCUT2D eigenvalue weighted by molar-refractivity contribution is 0.110. The van der Waals surface area contributed by atoms with Gasteiger partial charge in [0, 0.05) is 20.2 Å². The standard InChI is InChI=1S/C16H24N2O4/c1-21-14-5-3-12(4-6-14)7-8-17-16(20)18-10-15(22-2)9-13(18)11-19/h3-6,13,15,19H,7-11H2,1-2H3,(H,17,20)/t13-,15+/m0/s1. The number of carbonyl (C=O) groups is 1. The van der Waals surface area contributed by atoms with Gasteiger partial charge in [0.25, 0.3) is 0 Å². The molecule has 2 rings (SSSR count). The van der Waals surface area contributed by atoms with Crippen LogP contribution in [0.5, 0.6) is 5.75 Å². The fourth-order valence-electron chi connectivity index (χ4n) is 2.67. The largest absolute Gasteiger partial charge is 0.497 e.